The van der Waals surface area contributed by atoms with E-state index in [1.54, 1.807) is 11.3 Å². The Kier molecular flexibility index (Phi) is 4.78. The van der Waals surface area contributed by atoms with Gasteiger partial charge in [0.1, 0.15) is 0 Å². The number of hydrogen-bond acceptors (Lipinski definition) is 2. The molecule has 96 valence electrons. The maximum Gasteiger partial charge on any atom is 0.219 e. The molecule has 0 spiro atoms. The van der Waals surface area contributed by atoms with E-state index in [2.05, 4.69) is 44.8 Å². The molecule has 0 saturated heterocycles. The van der Waals surface area contributed by atoms with Gasteiger partial charge in [-0.2, -0.15) is 0 Å². The molecule has 0 unspecified atom stereocenters. The number of nitrogens with one attached hydrogen (secondary N) is 1. The van der Waals surface area contributed by atoms with Gasteiger partial charge < -0.3 is 5.32 Å². The lowest BCUT2D eigenvalue weighted by atomic mass is 10.1. The van der Waals surface area contributed by atoms with Crippen molar-refractivity contribution in [3.05, 3.63) is 33.6 Å². The molecular formula is C14H16BrNOS. The summed E-state index contributed by atoms with van der Waals surface area (Å²) in [7, 11) is 0. The van der Waals surface area contributed by atoms with Crippen LogP contribution in [0.5, 0.6) is 0 Å². The summed E-state index contributed by atoms with van der Waals surface area (Å²) in [4.78, 5) is 11.4. The van der Waals surface area contributed by atoms with Gasteiger partial charge >= 0.3 is 0 Å². The molecular weight excluding hydrogens is 310 g/mol. The topological polar surface area (TPSA) is 29.1 Å². The second-order valence-electron chi connectivity index (χ2n) is 4.25. The average Bonchev–Trinajstić information content (AvgIpc) is 2.72. The number of hydrogen-bond donors (Lipinski definition) is 1. The lowest BCUT2D eigenvalue weighted by Gasteiger charge is -2.03. The minimum atomic E-state index is 0.151. The molecule has 1 heterocycles. The fourth-order valence-electron chi connectivity index (χ4n) is 1.90. The highest BCUT2D eigenvalue weighted by Gasteiger charge is 2.05. The number of benzene rings is 1. The maximum atomic E-state index is 11.4. The minimum Gasteiger partial charge on any atom is -0.356 e. The second-order valence-corrected chi connectivity index (χ2v) is 6.08. The van der Waals surface area contributed by atoms with Crippen molar-refractivity contribution in [1.82, 2.24) is 5.32 Å². The first kappa shape index (κ1) is 13.6. The Morgan fingerprint density at radius 1 is 1.44 bits per heavy atom. The van der Waals surface area contributed by atoms with Crippen molar-refractivity contribution in [2.75, 3.05) is 6.54 Å². The van der Waals surface area contributed by atoms with Gasteiger partial charge in [0.15, 0.2) is 0 Å². The first-order valence-corrected chi connectivity index (χ1v) is 7.80. The Hall–Kier alpha value is -0.870. The molecule has 0 saturated carbocycles. The molecule has 1 aromatic carbocycles. The Bertz CT molecular complexity index is 550. The van der Waals surface area contributed by atoms with Crippen molar-refractivity contribution in [2.45, 2.75) is 26.2 Å². The predicted molar refractivity (Wildman–Crippen MR) is 81.1 cm³/mol. The van der Waals surface area contributed by atoms with Crippen molar-refractivity contribution in [3.8, 4) is 0 Å². The van der Waals surface area contributed by atoms with Crippen LogP contribution in [-0.2, 0) is 11.2 Å². The van der Waals surface area contributed by atoms with Gasteiger partial charge in [0.05, 0.1) is 0 Å². The van der Waals surface area contributed by atoms with Crippen molar-refractivity contribution in [1.29, 1.82) is 0 Å². The summed E-state index contributed by atoms with van der Waals surface area (Å²) in [5, 5.41) is 6.43. The van der Waals surface area contributed by atoms with E-state index in [0.29, 0.717) is 6.42 Å². The third-order valence-corrected chi connectivity index (χ3v) is 4.31. The van der Waals surface area contributed by atoms with E-state index < -0.39 is 0 Å². The fourth-order valence-corrected chi connectivity index (χ4v) is 3.24. The van der Waals surface area contributed by atoms with E-state index in [1.165, 1.54) is 15.6 Å². The Balaban J connectivity index is 1.99. The van der Waals surface area contributed by atoms with Gasteiger partial charge in [0, 0.05) is 22.1 Å². The molecule has 0 aliphatic carbocycles. The summed E-state index contributed by atoms with van der Waals surface area (Å²) in [6, 6.07) is 6.34. The number of halogens is 1. The standard InChI is InChI=1S/C14H16BrNOS/c1-2-3-14(17)16-7-6-10-9-18-13-5-4-11(15)8-12(10)13/h4-5,8-9H,2-3,6-7H2,1H3,(H,16,17). The number of amides is 1. The van der Waals surface area contributed by atoms with Gasteiger partial charge in [0.2, 0.25) is 5.91 Å². The van der Waals surface area contributed by atoms with Crippen LogP contribution in [0.15, 0.2) is 28.1 Å². The SMILES string of the molecule is CCCC(=O)NCCc1csc2ccc(Br)cc12. The Morgan fingerprint density at radius 2 is 2.28 bits per heavy atom. The molecule has 0 bridgehead atoms. The number of carbonyl (C=O) groups excluding carboxylic acids is 1. The van der Waals surface area contributed by atoms with Crippen LogP contribution in [-0.4, -0.2) is 12.5 Å². The van der Waals surface area contributed by atoms with Crippen LogP contribution >= 0.6 is 27.3 Å². The van der Waals surface area contributed by atoms with Crippen LogP contribution in [0.1, 0.15) is 25.3 Å². The van der Waals surface area contributed by atoms with Crippen molar-refractivity contribution >= 4 is 43.3 Å². The summed E-state index contributed by atoms with van der Waals surface area (Å²) in [5.41, 5.74) is 1.31. The summed E-state index contributed by atoms with van der Waals surface area (Å²) < 4.78 is 2.40. The van der Waals surface area contributed by atoms with Crippen molar-refractivity contribution in [3.63, 3.8) is 0 Å². The van der Waals surface area contributed by atoms with Crippen LogP contribution in [0, 0.1) is 0 Å². The van der Waals surface area contributed by atoms with Crippen LogP contribution in [0.25, 0.3) is 10.1 Å². The summed E-state index contributed by atoms with van der Waals surface area (Å²) in [6.07, 6.45) is 2.42. The molecule has 0 atom stereocenters. The maximum absolute atomic E-state index is 11.4. The average molecular weight is 326 g/mol. The normalized spacial score (nSPS) is 10.8. The molecule has 18 heavy (non-hydrogen) atoms. The van der Waals surface area contributed by atoms with Gasteiger partial charge in [-0.25, -0.2) is 0 Å². The number of carbonyl (C=O) groups is 1. The van der Waals surface area contributed by atoms with Gasteiger partial charge in [-0.1, -0.05) is 22.9 Å². The second kappa shape index (κ2) is 6.34. The van der Waals surface area contributed by atoms with Crippen LogP contribution < -0.4 is 5.32 Å². The molecule has 1 N–H and O–H groups in total. The number of fused-ring (bicyclic) bond motifs is 1. The molecule has 1 aromatic heterocycles. The zero-order valence-electron chi connectivity index (χ0n) is 10.3. The first-order chi connectivity index (χ1) is 8.70. The van der Waals surface area contributed by atoms with Gasteiger partial charge in [-0.3, -0.25) is 4.79 Å². The molecule has 2 nitrogen and oxygen atoms in total. The van der Waals surface area contributed by atoms with E-state index in [-0.39, 0.29) is 5.91 Å². The quantitative estimate of drug-likeness (QED) is 0.880. The molecule has 0 fully saturated rings. The van der Waals surface area contributed by atoms with E-state index in [4.69, 9.17) is 0 Å². The van der Waals surface area contributed by atoms with Crippen LogP contribution in [0.4, 0.5) is 0 Å². The summed E-state index contributed by atoms with van der Waals surface area (Å²) in [6.45, 7) is 2.74. The third kappa shape index (κ3) is 3.33. The number of thiophene rings is 1. The van der Waals surface area contributed by atoms with Crippen molar-refractivity contribution < 1.29 is 4.79 Å². The summed E-state index contributed by atoms with van der Waals surface area (Å²) >= 11 is 5.26. The van der Waals surface area contributed by atoms with Crippen LogP contribution in [0.2, 0.25) is 0 Å². The summed E-state index contributed by atoms with van der Waals surface area (Å²) in [5.74, 6) is 0.151. The Morgan fingerprint density at radius 3 is 3.06 bits per heavy atom. The lowest BCUT2D eigenvalue weighted by molar-refractivity contribution is -0.121. The van der Waals surface area contributed by atoms with E-state index in [9.17, 15) is 4.79 Å². The van der Waals surface area contributed by atoms with E-state index in [1.807, 2.05) is 6.92 Å². The van der Waals surface area contributed by atoms with Gasteiger partial charge in [-0.05, 0) is 47.4 Å². The molecule has 0 aliphatic heterocycles. The van der Waals surface area contributed by atoms with E-state index >= 15 is 0 Å². The largest absolute Gasteiger partial charge is 0.356 e. The molecule has 4 heteroatoms. The molecule has 0 aliphatic rings. The predicted octanol–water partition coefficient (Wildman–Crippen LogP) is 4.12. The zero-order valence-corrected chi connectivity index (χ0v) is 12.7. The minimum absolute atomic E-state index is 0.151. The zero-order chi connectivity index (χ0) is 13.0. The first-order valence-electron chi connectivity index (χ1n) is 6.13. The monoisotopic (exact) mass is 325 g/mol. The van der Waals surface area contributed by atoms with Gasteiger partial charge in [-0.15, -0.1) is 11.3 Å². The highest BCUT2D eigenvalue weighted by atomic mass is 79.9. The van der Waals surface area contributed by atoms with Gasteiger partial charge in [0.25, 0.3) is 0 Å². The highest BCUT2D eigenvalue weighted by molar-refractivity contribution is 9.10. The molecule has 2 aromatic rings. The highest BCUT2D eigenvalue weighted by Crippen LogP contribution is 2.28. The fraction of sp³-hybridized carbons (Fsp3) is 0.357. The van der Waals surface area contributed by atoms with Crippen molar-refractivity contribution in [2.24, 2.45) is 0 Å². The number of rotatable bonds is 5. The Labute approximate surface area is 120 Å². The van der Waals surface area contributed by atoms with E-state index in [0.717, 1.165) is 23.9 Å². The molecule has 2 rings (SSSR count). The smallest absolute Gasteiger partial charge is 0.219 e. The lowest BCUT2D eigenvalue weighted by Crippen LogP contribution is -2.24. The molecule has 0 radical (unpaired) electrons. The third-order valence-electron chi connectivity index (χ3n) is 2.81. The molecule has 1 amide bonds. The van der Waals surface area contributed by atoms with Crippen LogP contribution in [0.3, 0.4) is 0 Å².